The van der Waals surface area contributed by atoms with Crippen LogP contribution in [0.4, 0.5) is 0 Å². The van der Waals surface area contributed by atoms with Crippen molar-refractivity contribution in [1.29, 1.82) is 0 Å². The van der Waals surface area contributed by atoms with Gasteiger partial charge in [-0.15, -0.1) is 12.4 Å². The second-order valence-corrected chi connectivity index (χ2v) is 4.55. The van der Waals surface area contributed by atoms with E-state index in [4.69, 9.17) is 0 Å². The fraction of sp³-hybridized carbons (Fsp3) is 0.188. The fourth-order valence-electron chi connectivity index (χ4n) is 2.18. The first-order valence-electron chi connectivity index (χ1n) is 6.20. The van der Waals surface area contributed by atoms with Crippen LogP contribution >= 0.6 is 12.4 Å². The first-order valence-corrected chi connectivity index (χ1v) is 6.20. The molecule has 0 amide bonds. The molecule has 0 radical (unpaired) electrons. The smallest absolute Gasteiger partial charge is 0.325 e. The molecule has 1 N–H and O–H groups in total. The minimum Gasteiger partial charge on any atom is -0.480 e. The third-order valence-corrected chi connectivity index (χ3v) is 3.06. The van der Waals surface area contributed by atoms with E-state index in [2.05, 4.69) is 0 Å². The highest BCUT2D eigenvalue weighted by Crippen LogP contribution is 2.21. The number of likely N-dealkylation sites (N-methyl/N-ethyl adjacent to an activating group) is 1. The molecule has 20 heavy (non-hydrogen) atoms. The summed E-state index contributed by atoms with van der Waals surface area (Å²) in [6, 6.07) is 18.6. The number of carboxylic acids is 1. The number of aliphatic carboxylic acids is 1. The van der Waals surface area contributed by atoms with Crippen LogP contribution < -0.4 is 0 Å². The van der Waals surface area contributed by atoms with Crippen LogP contribution in [0.1, 0.15) is 17.2 Å². The molecule has 0 aliphatic carbocycles. The summed E-state index contributed by atoms with van der Waals surface area (Å²) >= 11 is 0. The van der Waals surface area contributed by atoms with Crippen molar-refractivity contribution >= 4 is 18.4 Å². The summed E-state index contributed by atoms with van der Waals surface area (Å²) in [6.07, 6.45) is 0. The second kappa shape index (κ2) is 7.68. The van der Waals surface area contributed by atoms with Crippen molar-refractivity contribution in [3.63, 3.8) is 0 Å². The molecular weight excluding hydrogens is 274 g/mol. The van der Waals surface area contributed by atoms with E-state index in [1.807, 2.05) is 72.6 Å². The van der Waals surface area contributed by atoms with Gasteiger partial charge in [0, 0.05) is 6.54 Å². The molecule has 2 rings (SSSR count). The summed E-state index contributed by atoms with van der Waals surface area (Å²) < 4.78 is 0. The Labute approximate surface area is 125 Å². The van der Waals surface area contributed by atoms with Gasteiger partial charge in [0.05, 0.1) is 0 Å². The molecule has 1 atom stereocenters. The van der Waals surface area contributed by atoms with Crippen LogP contribution in [0.2, 0.25) is 0 Å². The Morgan fingerprint density at radius 3 is 2.05 bits per heavy atom. The van der Waals surface area contributed by atoms with Crippen LogP contribution in [0.25, 0.3) is 0 Å². The highest BCUT2D eigenvalue weighted by Gasteiger charge is 2.24. The molecule has 0 heterocycles. The first-order chi connectivity index (χ1) is 9.18. The molecule has 1 unspecified atom stereocenters. The summed E-state index contributed by atoms with van der Waals surface area (Å²) in [5.41, 5.74) is 1.90. The van der Waals surface area contributed by atoms with Crippen molar-refractivity contribution in [2.45, 2.75) is 12.6 Å². The zero-order valence-corrected chi connectivity index (χ0v) is 12.1. The number of carbonyl (C=O) groups is 1. The highest BCUT2D eigenvalue weighted by atomic mass is 35.5. The van der Waals surface area contributed by atoms with Gasteiger partial charge in [-0.1, -0.05) is 60.7 Å². The molecule has 3 nitrogen and oxygen atoms in total. The summed E-state index contributed by atoms with van der Waals surface area (Å²) in [5, 5.41) is 9.43. The largest absolute Gasteiger partial charge is 0.480 e. The third kappa shape index (κ3) is 4.08. The molecule has 0 bridgehead atoms. The van der Waals surface area contributed by atoms with Crippen LogP contribution in [0.5, 0.6) is 0 Å². The van der Waals surface area contributed by atoms with Gasteiger partial charge in [-0.05, 0) is 18.2 Å². The number of halogens is 1. The third-order valence-electron chi connectivity index (χ3n) is 3.06. The summed E-state index contributed by atoms with van der Waals surface area (Å²) in [5.74, 6) is -0.829. The lowest BCUT2D eigenvalue weighted by atomic mass is 10.1. The van der Waals surface area contributed by atoms with E-state index in [-0.39, 0.29) is 12.4 Å². The molecule has 0 saturated carbocycles. The molecule has 2 aromatic rings. The Balaban J connectivity index is 0.00000200. The maximum atomic E-state index is 11.5. The van der Waals surface area contributed by atoms with E-state index in [9.17, 15) is 9.90 Å². The highest BCUT2D eigenvalue weighted by molar-refractivity contribution is 5.85. The van der Waals surface area contributed by atoms with E-state index >= 15 is 0 Å². The van der Waals surface area contributed by atoms with Gasteiger partial charge in [-0.3, -0.25) is 9.69 Å². The minimum absolute atomic E-state index is 0. The van der Waals surface area contributed by atoms with Crippen LogP contribution in [0.15, 0.2) is 60.7 Å². The Morgan fingerprint density at radius 1 is 1.05 bits per heavy atom. The molecule has 4 heteroatoms. The van der Waals surface area contributed by atoms with Crippen molar-refractivity contribution in [2.24, 2.45) is 0 Å². The number of rotatable bonds is 5. The maximum absolute atomic E-state index is 11.5. The molecule has 2 aromatic carbocycles. The van der Waals surface area contributed by atoms with Gasteiger partial charge < -0.3 is 5.11 Å². The van der Waals surface area contributed by atoms with E-state index in [0.717, 1.165) is 11.1 Å². The van der Waals surface area contributed by atoms with Gasteiger partial charge in [-0.2, -0.15) is 0 Å². The number of hydrogen-bond acceptors (Lipinski definition) is 2. The topological polar surface area (TPSA) is 40.5 Å². The zero-order valence-electron chi connectivity index (χ0n) is 11.3. The molecule has 0 spiro atoms. The Morgan fingerprint density at radius 2 is 1.55 bits per heavy atom. The Hall–Kier alpha value is -1.84. The monoisotopic (exact) mass is 291 g/mol. The van der Waals surface area contributed by atoms with Gasteiger partial charge in [0.15, 0.2) is 0 Å². The lowest BCUT2D eigenvalue weighted by Gasteiger charge is -2.25. The van der Waals surface area contributed by atoms with E-state index in [1.54, 1.807) is 0 Å². The van der Waals surface area contributed by atoms with Crippen molar-refractivity contribution in [3.8, 4) is 0 Å². The predicted octanol–water partition coefficient (Wildman–Crippen LogP) is 3.37. The standard InChI is InChI=1S/C16H17NO2.ClH/c1-17(12-13-8-4-2-5-9-13)15(16(18)19)14-10-6-3-7-11-14;/h2-11,15H,12H2,1H3,(H,18,19);1H. The average Bonchev–Trinajstić information content (AvgIpc) is 2.40. The van der Waals surface area contributed by atoms with Crippen molar-refractivity contribution < 1.29 is 9.90 Å². The number of benzene rings is 2. The van der Waals surface area contributed by atoms with Crippen molar-refractivity contribution in [3.05, 3.63) is 71.8 Å². The van der Waals surface area contributed by atoms with Crippen molar-refractivity contribution in [2.75, 3.05) is 7.05 Å². The van der Waals surface area contributed by atoms with E-state index < -0.39 is 12.0 Å². The van der Waals surface area contributed by atoms with Gasteiger partial charge in [0.1, 0.15) is 6.04 Å². The molecule has 0 aromatic heterocycles. The van der Waals surface area contributed by atoms with Gasteiger partial charge >= 0.3 is 5.97 Å². The maximum Gasteiger partial charge on any atom is 0.325 e. The van der Waals surface area contributed by atoms with Crippen LogP contribution in [-0.4, -0.2) is 23.0 Å². The second-order valence-electron chi connectivity index (χ2n) is 4.55. The van der Waals surface area contributed by atoms with E-state index in [0.29, 0.717) is 6.54 Å². The quantitative estimate of drug-likeness (QED) is 0.918. The number of nitrogens with zero attached hydrogens (tertiary/aromatic N) is 1. The molecule has 0 aliphatic heterocycles. The lowest BCUT2D eigenvalue weighted by molar-refractivity contribution is -0.143. The van der Waals surface area contributed by atoms with Crippen molar-refractivity contribution in [1.82, 2.24) is 4.90 Å². The molecule has 106 valence electrons. The van der Waals surface area contributed by atoms with Crippen LogP contribution in [0.3, 0.4) is 0 Å². The average molecular weight is 292 g/mol. The van der Waals surface area contributed by atoms with Crippen LogP contribution in [-0.2, 0) is 11.3 Å². The summed E-state index contributed by atoms with van der Waals surface area (Å²) in [6.45, 7) is 0.604. The first kappa shape index (κ1) is 16.2. The summed E-state index contributed by atoms with van der Waals surface area (Å²) in [7, 11) is 1.83. The zero-order chi connectivity index (χ0) is 13.7. The SMILES string of the molecule is CN(Cc1ccccc1)C(C(=O)O)c1ccccc1.Cl. The molecule has 0 saturated heterocycles. The van der Waals surface area contributed by atoms with E-state index in [1.165, 1.54) is 0 Å². The summed E-state index contributed by atoms with van der Waals surface area (Å²) in [4.78, 5) is 13.3. The minimum atomic E-state index is -0.829. The lowest BCUT2D eigenvalue weighted by Crippen LogP contribution is -2.30. The molecular formula is C16H18ClNO2. The number of carboxylic acid groups (broad SMARTS) is 1. The fourth-order valence-corrected chi connectivity index (χ4v) is 2.18. The molecule has 0 fully saturated rings. The normalized spacial score (nSPS) is 11.7. The van der Waals surface area contributed by atoms with Crippen LogP contribution in [0, 0.1) is 0 Å². The van der Waals surface area contributed by atoms with Gasteiger partial charge in [0.2, 0.25) is 0 Å². The van der Waals surface area contributed by atoms with Gasteiger partial charge in [0.25, 0.3) is 0 Å². The Kier molecular flexibility index (Phi) is 6.22. The predicted molar refractivity (Wildman–Crippen MR) is 82.0 cm³/mol. The number of hydrogen-bond donors (Lipinski definition) is 1. The van der Waals surface area contributed by atoms with Gasteiger partial charge in [-0.25, -0.2) is 0 Å². The Bertz CT molecular complexity index is 531. The molecule has 0 aliphatic rings.